The van der Waals surface area contributed by atoms with Gasteiger partial charge in [-0.15, -0.1) is 0 Å². The van der Waals surface area contributed by atoms with Gasteiger partial charge in [-0.2, -0.15) is 0 Å². The Morgan fingerprint density at radius 2 is 2.16 bits per heavy atom. The van der Waals surface area contributed by atoms with Crippen LogP contribution in [0.1, 0.15) is 17.2 Å². The summed E-state index contributed by atoms with van der Waals surface area (Å²) in [5, 5.41) is 3.18. The molecule has 0 aliphatic heterocycles. The van der Waals surface area contributed by atoms with E-state index in [1.165, 1.54) is 7.11 Å². The zero-order valence-electron chi connectivity index (χ0n) is 11.1. The molecule has 1 N–H and O–H groups in total. The molecule has 0 bridgehead atoms. The average Bonchev–Trinajstić information content (AvgIpc) is 2.47. The van der Waals surface area contributed by atoms with E-state index in [9.17, 15) is 4.39 Å². The van der Waals surface area contributed by atoms with Crippen LogP contribution in [0.3, 0.4) is 0 Å². The van der Waals surface area contributed by atoms with Crippen molar-refractivity contribution in [2.75, 3.05) is 14.2 Å². The van der Waals surface area contributed by atoms with Gasteiger partial charge in [-0.25, -0.2) is 4.39 Å². The summed E-state index contributed by atoms with van der Waals surface area (Å²) in [6.45, 7) is 0. The largest absolute Gasteiger partial charge is 0.494 e. The van der Waals surface area contributed by atoms with Crippen molar-refractivity contribution in [3.05, 3.63) is 59.7 Å². The quantitative estimate of drug-likeness (QED) is 0.897. The molecule has 3 nitrogen and oxygen atoms in total. The fourth-order valence-corrected chi connectivity index (χ4v) is 2.06. The highest BCUT2D eigenvalue weighted by atomic mass is 19.1. The molecule has 1 aromatic carbocycles. The molecule has 0 amide bonds. The van der Waals surface area contributed by atoms with E-state index in [-0.39, 0.29) is 17.6 Å². The van der Waals surface area contributed by atoms with Gasteiger partial charge in [0.2, 0.25) is 0 Å². The van der Waals surface area contributed by atoms with Crippen molar-refractivity contribution in [3.63, 3.8) is 0 Å². The third kappa shape index (κ3) is 3.09. The molecule has 19 heavy (non-hydrogen) atoms. The van der Waals surface area contributed by atoms with Crippen LogP contribution in [-0.4, -0.2) is 19.1 Å². The zero-order chi connectivity index (χ0) is 13.7. The van der Waals surface area contributed by atoms with Gasteiger partial charge in [-0.1, -0.05) is 18.2 Å². The monoisotopic (exact) mass is 260 g/mol. The van der Waals surface area contributed by atoms with Crippen LogP contribution in [0.5, 0.6) is 5.75 Å². The lowest BCUT2D eigenvalue weighted by atomic mass is 10.00. The molecule has 0 saturated carbocycles. The third-order valence-corrected chi connectivity index (χ3v) is 3.12. The van der Waals surface area contributed by atoms with E-state index in [0.717, 1.165) is 5.56 Å². The molecule has 2 rings (SSSR count). The third-order valence-electron chi connectivity index (χ3n) is 3.12. The number of methoxy groups -OCH3 is 1. The summed E-state index contributed by atoms with van der Waals surface area (Å²) in [7, 11) is 3.33. The first kappa shape index (κ1) is 13.5. The normalized spacial score (nSPS) is 12.2. The number of rotatable bonds is 5. The van der Waals surface area contributed by atoms with Crippen LogP contribution < -0.4 is 10.1 Å². The summed E-state index contributed by atoms with van der Waals surface area (Å²) >= 11 is 0. The Labute approximate surface area is 112 Å². The smallest absolute Gasteiger partial charge is 0.168 e. The molecule has 1 aromatic heterocycles. The number of ether oxygens (including phenoxy) is 1. The van der Waals surface area contributed by atoms with E-state index >= 15 is 0 Å². The van der Waals surface area contributed by atoms with E-state index < -0.39 is 0 Å². The number of hydrogen-bond acceptors (Lipinski definition) is 3. The lowest BCUT2D eigenvalue weighted by Gasteiger charge is -2.17. The topological polar surface area (TPSA) is 34.1 Å². The molecule has 0 radical (unpaired) electrons. The number of nitrogens with zero attached hydrogens (tertiary/aromatic N) is 1. The van der Waals surface area contributed by atoms with Crippen molar-refractivity contribution in [1.29, 1.82) is 0 Å². The predicted octanol–water partition coefficient (Wildman–Crippen LogP) is 2.73. The second kappa shape index (κ2) is 6.29. The summed E-state index contributed by atoms with van der Waals surface area (Å²) in [4.78, 5) is 4.09. The molecule has 0 aliphatic carbocycles. The molecule has 0 aliphatic rings. The van der Waals surface area contributed by atoms with Gasteiger partial charge in [0, 0.05) is 18.4 Å². The second-order valence-corrected chi connectivity index (χ2v) is 4.27. The summed E-state index contributed by atoms with van der Waals surface area (Å²) in [5.41, 5.74) is 1.66. The molecular weight excluding hydrogens is 243 g/mol. The van der Waals surface area contributed by atoms with Gasteiger partial charge in [0.1, 0.15) is 0 Å². The number of hydrogen-bond donors (Lipinski definition) is 1. The predicted molar refractivity (Wildman–Crippen MR) is 72.7 cm³/mol. The standard InChI is InChI=1S/C15H17FN2O/c1-17-13(12-6-4-8-18-10-12)9-11-5-3-7-14(19-2)15(11)16/h3-8,10,13,17H,9H2,1-2H3. The van der Waals surface area contributed by atoms with Crippen molar-refractivity contribution in [3.8, 4) is 5.75 Å². The van der Waals surface area contributed by atoms with Crippen LogP contribution in [0.25, 0.3) is 0 Å². The van der Waals surface area contributed by atoms with Crippen LogP contribution in [0.4, 0.5) is 4.39 Å². The minimum atomic E-state index is -0.297. The lowest BCUT2D eigenvalue weighted by molar-refractivity contribution is 0.383. The highest BCUT2D eigenvalue weighted by Gasteiger charge is 2.15. The molecular formula is C15H17FN2O. The first-order chi connectivity index (χ1) is 9.26. The molecule has 2 aromatic rings. The fraction of sp³-hybridized carbons (Fsp3) is 0.267. The van der Waals surface area contributed by atoms with Crippen LogP contribution in [-0.2, 0) is 6.42 Å². The van der Waals surface area contributed by atoms with Crippen LogP contribution in [0, 0.1) is 5.82 Å². The summed E-state index contributed by atoms with van der Waals surface area (Å²) < 4.78 is 19.1. The average molecular weight is 260 g/mol. The minimum absolute atomic E-state index is 0.0234. The number of aromatic nitrogens is 1. The first-order valence-corrected chi connectivity index (χ1v) is 6.14. The molecule has 0 spiro atoms. The van der Waals surface area contributed by atoms with E-state index in [1.807, 2.05) is 19.2 Å². The Bertz CT molecular complexity index is 531. The maximum atomic E-state index is 14.1. The summed E-state index contributed by atoms with van der Waals surface area (Å²) in [6, 6.07) is 9.08. The summed E-state index contributed by atoms with van der Waals surface area (Å²) in [6.07, 6.45) is 4.06. The van der Waals surface area contributed by atoms with E-state index in [1.54, 1.807) is 30.6 Å². The summed E-state index contributed by atoms with van der Waals surface area (Å²) in [5.74, 6) is -0.0207. The Morgan fingerprint density at radius 1 is 1.32 bits per heavy atom. The highest BCUT2D eigenvalue weighted by Crippen LogP contribution is 2.24. The number of likely N-dealkylation sites (N-methyl/N-ethyl adjacent to an activating group) is 1. The Kier molecular flexibility index (Phi) is 4.47. The Hall–Kier alpha value is -1.94. The van der Waals surface area contributed by atoms with Crippen LogP contribution in [0.15, 0.2) is 42.7 Å². The number of nitrogens with one attached hydrogen (secondary N) is 1. The second-order valence-electron chi connectivity index (χ2n) is 4.27. The SMILES string of the molecule is CNC(Cc1cccc(OC)c1F)c1cccnc1. The molecule has 4 heteroatoms. The molecule has 1 heterocycles. The number of halogens is 1. The minimum Gasteiger partial charge on any atom is -0.494 e. The number of pyridine rings is 1. The highest BCUT2D eigenvalue weighted by molar-refractivity contribution is 5.32. The van der Waals surface area contributed by atoms with Gasteiger partial charge in [-0.3, -0.25) is 4.98 Å². The Balaban J connectivity index is 2.24. The maximum Gasteiger partial charge on any atom is 0.168 e. The number of benzene rings is 1. The van der Waals surface area contributed by atoms with E-state index in [0.29, 0.717) is 12.0 Å². The molecule has 1 atom stereocenters. The molecule has 100 valence electrons. The first-order valence-electron chi connectivity index (χ1n) is 6.14. The van der Waals surface area contributed by atoms with Crippen molar-refractivity contribution < 1.29 is 9.13 Å². The van der Waals surface area contributed by atoms with Gasteiger partial charge in [0.25, 0.3) is 0 Å². The lowest BCUT2D eigenvalue weighted by Crippen LogP contribution is -2.19. The molecule has 1 unspecified atom stereocenters. The van der Waals surface area contributed by atoms with Crippen molar-refractivity contribution in [2.24, 2.45) is 0 Å². The van der Waals surface area contributed by atoms with Gasteiger partial charge in [-0.05, 0) is 36.7 Å². The maximum absolute atomic E-state index is 14.1. The fourth-order valence-electron chi connectivity index (χ4n) is 2.06. The van der Waals surface area contributed by atoms with Crippen molar-refractivity contribution in [2.45, 2.75) is 12.5 Å². The zero-order valence-corrected chi connectivity index (χ0v) is 11.1. The van der Waals surface area contributed by atoms with Crippen LogP contribution >= 0.6 is 0 Å². The van der Waals surface area contributed by atoms with E-state index in [4.69, 9.17) is 4.74 Å². The molecule has 0 fully saturated rings. The van der Waals surface area contributed by atoms with Crippen molar-refractivity contribution in [1.82, 2.24) is 10.3 Å². The van der Waals surface area contributed by atoms with Gasteiger partial charge >= 0.3 is 0 Å². The van der Waals surface area contributed by atoms with Gasteiger partial charge < -0.3 is 10.1 Å². The van der Waals surface area contributed by atoms with Gasteiger partial charge in [0.15, 0.2) is 11.6 Å². The molecule has 0 saturated heterocycles. The van der Waals surface area contributed by atoms with E-state index in [2.05, 4.69) is 10.3 Å². The van der Waals surface area contributed by atoms with Crippen LogP contribution in [0.2, 0.25) is 0 Å². The van der Waals surface area contributed by atoms with Crippen molar-refractivity contribution >= 4 is 0 Å². The Morgan fingerprint density at radius 3 is 2.79 bits per heavy atom. The van der Waals surface area contributed by atoms with Gasteiger partial charge in [0.05, 0.1) is 7.11 Å².